The highest BCUT2D eigenvalue weighted by molar-refractivity contribution is 6.31. The highest BCUT2D eigenvalue weighted by Crippen LogP contribution is 2.18. The summed E-state index contributed by atoms with van der Waals surface area (Å²) in [7, 11) is 0. The van der Waals surface area contributed by atoms with Gasteiger partial charge in [0.1, 0.15) is 12.1 Å². The number of carbonyl (C=O) groups is 1. The van der Waals surface area contributed by atoms with Gasteiger partial charge in [-0.3, -0.25) is 4.79 Å². The molecule has 0 saturated carbocycles. The largest absolute Gasteiger partial charge is 0.298 e. The second-order valence-corrected chi connectivity index (χ2v) is 2.66. The Morgan fingerprint density at radius 1 is 1.55 bits per heavy atom. The first-order valence-corrected chi connectivity index (χ1v) is 3.44. The average molecular weight is 173 g/mol. The minimum absolute atomic E-state index is 0.00731. The number of aryl methyl sites for hydroxylation is 1. The van der Waals surface area contributed by atoms with E-state index in [-0.39, 0.29) is 5.02 Å². The number of benzene rings is 1. The zero-order valence-corrected chi connectivity index (χ0v) is 6.65. The molecule has 0 fully saturated rings. The quantitative estimate of drug-likeness (QED) is 0.595. The van der Waals surface area contributed by atoms with Crippen LogP contribution >= 0.6 is 11.6 Å². The van der Waals surface area contributed by atoms with E-state index >= 15 is 0 Å². The molecule has 0 N–H and O–H groups in total. The molecular formula is C8H6ClFO. The third kappa shape index (κ3) is 1.57. The van der Waals surface area contributed by atoms with Crippen molar-refractivity contribution in [2.24, 2.45) is 0 Å². The summed E-state index contributed by atoms with van der Waals surface area (Å²) in [6.45, 7) is 1.56. The molecule has 11 heavy (non-hydrogen) atoms. The fourth-order valence-corrected chi connectivity index (χ4v) is 1.10. The summed E-state index contributed by atoms with van der Waals surface area (Å²) in [6, 6.07) is 2.76. The molecule has 1 aromatic rings. The molecule has 1 nitrogen and oxygen atoms in total. The Hall–Kier alpha value is -0.890. The Morgan fingerprint density at radius 2 is 2.18 bits per heavy atom. The molecule has 1 rings (SSSR count). The van der Waals surface area contributed by atoms with Gasteiger partial charge in [0.2, 0.25) is 0 Å². The van der Waals surface area contributed by atoms with Crippen LogP contribution in [0.4, 0.5) is 4.39 Å². The summed E-state index contributed by atoms with van der Waals surface area (Å²) < 4.78 is 12.8. The standard InChI is InChI=1S/C8H6ClFO/c1-5-2-6(4-11)3-7(9)8(5)10/h2-4H,1H3. The first-order valence-electron chi connectivity index (χ1n) is 3.06. The van der Waals surface area contributed by atoms with Gasteiger partial charge >= 0.3 is 0 Å². The van der Waals surface area contributed by atoms with Crippen molar-refractivity contribution in [3.8, 4) is 0 Å². The van der Waals surface area contributed by atoms with Crippen molar-refractivity contribution in [3.05, 3.63) is 34.1 Å². The Bertz CT molecular complexity index is 273. The Kier molecular flexibility index (Phi) is 2.25. The molecule has 0 saturated heterocycles. The molecule has 0 radical (unpaired) electrons. The Morgan fingerprint density at radius 3 is 2.64 bits per heavy atom. The highest BCUT2D eigenvalue weighted by atomic mass is 35.5. The predicted octanol–water partition coefficient (Wildman–Crippen LogP) is 2.60. The monoisotopic (exact) mass is 172 g/mol. The van der Waals surface area contributed by atoms with Crippen LogP contribution in [-0.4, -0.2) is 6.29 Å². The van der Waals surface area contributed by atoms with Gasteiger partial charge in [-0.1, -0.05) is 11.6 Å². The second-order valence-electron chi connectivity index (χ2n) is 2.25. The van der Waals surface area contributed by atoms with Crippen LogP contribution in [0.25, 0.3) is 0 Å². The van der Waals surface area contributed by atoms with E-state index in [0.717, 1.165) is 0 Å². The van der Waals surface area contributed by atoms with Gasteiger partial charge in [-0.05, 0) is 24.6 Å². The van der Waals surface area contributed by atoms with Crippen molar-refractivity contribution in [1.82, 2.24) is 0 Å². The van der Waals surface area contributed by atoms with Crippen LogP contribution in [-0.2, 0) is 0 Å². The van der Waals surface area contributed by atoms with Crippen molar-refractivity contribution in [3.63, 3.8) is 0 Å². The van der Waals surface area contributed by atoms with Gasteiger partial charge in [0, 0.05) is 5.56 Å². The number of carbonyl (C=O) groups excluding carboxylic acids is 1. The number of halogens is 2. The third-order valence-corrected chi connectivity index (χ3v) is 1.64. The molecule has 0 unspecified atom stereocenters. The number of aldehydes is 1. The fraction of sp³-hybridized carbons (Fsp3) is 0.125. The summed E-state index contributed by atoms with van der Waals surface area (Å²) in [5, 5.41) is -0.00731. The summed E-state index contributed by atoms with van der Waals surface area (Å²) in [5.41, 5.74) is 0.786. The molecule has 3 heteroatoms. The Balaban J connectivity index is 3.31. The van der Waals surface area contributed by atoms with Crippen LogP contribution in [0, 0.1) is 12.7 Å². The molecule has 0 atom stereocenters. The van der Waals surface area contributed by atoms with E-state index in [1.54, 1.807) is 6.92 Å². The molecule has 0 heterocycles. The van der Waals surface area contributed by atoms with Gasteiger partial charge in [-0.25, -0.2) is 4.39 Å². The van der Waals surface area contributed by atoms with Crippen molar-refractivity contribution in [1.29, 1.82) is 0 Å². The third-order valence-electron chi connectivity index (χ3n) is 1.37. The average Bonchev–Trinajstić information content (AvgIpc) is 1.99. The van der Waals surface area contributed by atoms with Gasteiger partial charge in [0.25, 0.3) is 0 Å². The first-order chi connectivity index (χ1) is 5.15. The van der Waals surface area contributed by atoms with E-state index < -0.39 is 5.82 Å². The molecule has 0 aliphatic rings. The molecule has 0 aromatic heterocycles. The van der Waals surface area contributed by atoms with Gasteiger partial charge < -0.3 is 0 Å². The van der Waals surface area contributed by atoms with E-state index in [0.29, 0.717) is 17.4 Å². The van der Waals surface area contributed by atoms with E-state index in [4.69, 9.17) is 11.6 Å². The van der Waals surface area contributed by atoms with Crippen molar-refractivity contribution >= 4 is 17.9 Å². The molecule has 58 valence electrons. The molecule has 0 spiro atoms. The van der Waals surface area contributed by atoms with Crippen LogP contribution in [0.5, 0.6) is 0 Å². The van der Waals surface area contributed by atoms with Crippen molar-refractivity contribution in [2.75, 3.05) is 0 Å². The van der Waals surface area contributed by atoms with E-state index in [2.05, 4.69) is 0 Å². The van der Waals surface area contributed by atoms with Gasteiger partial charge in [-0.15, -0.1) is 0 Å². The maximum absolute atomic E-state index is 12.8. The predicted molar refractivity (Wildman–Crippen MR) is 41.5 cm³/mol. The van der Waals surface area contributed by atoms with Crippen molar-refractivity contribution < 1.29 is 9.18 Å². The molecule has 0 aliphatic heterocycles. The SMILES string of the molecule is Cc1cc(C=O)cc(Cl)c1F. The minimum Gasteiger partial charge on any atom is -0.298 e. The minimum atomic E-state index is -0.461. The van der Waals surface area contributed by atoms with Gasteiger partial charge in [0.15, 0.2) is 0 Å². The molecular weight excluding hydrogens is 167 g/mol. The lowest BCUT2D eigenvalue weighted by atomic mass is 10.1. The molecule has 0 bridgehead atoms. The summed E-state index contributed by atoms with van der Waals surface area (Å²) >= 11 is 5.46. The van der Waals surface area contributed by atoms with Gasteiger partial charge in [-0.2, -0.15) is 0 Å². The fourth-order valence-electron chi connectivity index (χ4n) is 0.821. The van der Waals surface area contributed by atoms with Crippen LogP contribution in [0.15, 0.2) is 12.1 Å². The van der Waals surface area contributed by atoms with E-state index in [9.17, 15) is 9.18 Å². The highest BCUT2D eigenvalue weighted by Gasteiger charge is 2.04. The molecule has 0 amide bonds. The van der Waals surface area contributed by atoms with Crippen LogP contribution in [0.1, 0.15) is 15.9 Å². The lowest BCUT2D eigenvalue weighted by molar-refractivity contribution is 0.112. The number of hydrogen-bond acceptors (Lipinski definition) is 1. The number of rotatable bonds is 1. The Labute approximate surface area is 68.8 Å². The van der Waals surface area contributed by atoms with Crippen LogP contribution < -0.4 is 0 Å². The molecule has 0 aliphatic carbocycles. The number of hydrogen-bond donors (Lipinski definition) is 0. The second kappa shape index (κ2) is 3.01. The van der Waals surface area contributed by atoms with Crippen LogP contribution in [0.3, 0.4) is 0 Å². The first kappa shape index (κ1) is 8.21. The smallest absolute Gasteiger partial charge is 0.150 e. The lowest BCUT2D eigenvalue weighted by Gasteiger charge is -1.98. The summed E-state index contributed by atoms with van der Waals surface area (Å²) in [5.74, 6) is -0.461. The normalized spacial score (nSPS) is 9.73. The summed E-state index contributed by atoms with van der Waals surface area (Å²) in [4.78, 5) is 10.2. The van der Waals surface area contributed by atoms with Crippen molar-refractivity contribution in [2.45, 2.75) is 6.92 Å². The lowest BCUT2D eigenvalue weighted by Crippen LogP contribution is -1.87. The van der Waals surface area contributed by atoms with Crippen LogP contribution in [0.2, 0.25) is 5.02 Å². The maximum Gasteiger partial charge on any atom is 0.150 e. The van der Waals surface area contributed by atoms with E-state index in [1.165, 1.54) is 12.1 Å². The summed E-state index contributed by atoms with van der Waals surface area (Å²) in [6.07, 6.45) is 0.637. The zero-order chi connectivity index (χ0) is 8.43. The maximum atomic E-state index is 12.8. The zero-order valence-electron chi connectivity index (χ0n) is 5.90. The topological polar surface area (TPSA) is 17.1 Å². The van der Waals surface area contributed by atoms with Gasteiger partial charge in [0.05, 0.1) is 5.02 Å². The molecule has 1 aromatic carbocycles. The van der Waals surface area contributed by atoms with E-state index in [1.807, 2.05) is 0 Å².